The third-order valence-electron chi connectivity index (χ3n) is 3.90. The van der Waals surface area contributed by atoms with Crippen molar-refractivity contribution in [2.75, 3.05) is 20.7 Å². The number of halogens is 1. The maximum atomic E-state index is 9.98. The van der Waals surface area contributed by atoms with Crippen molar-refractivity contribution in [2.45, 2.75) is 83.3 Å². The Bertz CT molecular complexity index is 191. The molecule has 2 atom stereocenters. The van der Waals surface area contributed by atoms with Gasteiger partial charge in [0.1, 0.15) is 0 Å². The first-order valence-corrected chi connectivity index (χ1v) is 8.08. The van der Waals surface area contributed by atoms with E-state index in [0.29, 0.717) is 0 Å². The van der Waals surface area contributed by atoms with Gasteiger partial charge in [-0.15, -0.1) is 12.4 Å². The highest BCUT2D eigenvalue weighted by Gasteiger charge is 2.19. The second kappa shape index (κ2) is 15.6. The quantitative estimate of drug-likeness (QED) is 0.511. The number of aliphatic hydroxyl groups excluding tert-OH is 2. The normalized spacial score (nSPS) is 14.1. The fourth-order valence-electron chi connectivity index (χ4n) is 2.49. The van der Waals surface area contributed by atoms with Gasteiger partial charge in [-0.05, 0) is 20.5 Å². The lowest BCUT2D eigenvalue weighted by atomic mass is 10.0. The predicted octanol–water partition coefficient (Wildman–Crippen LogP) is 3.61. The largest absolute Gasteiger partial charge is 0.395 e. The lowest BCUT2D eigenvalue weighted by molar-refractivity contribution is 0.0333. The van der Waals surface area contributed by atoms with Crippen LogP contribution < -0.4 is 0 Å². The van der Waals surface area contributed by atoms with Gasteiger partial charge in [0.25, 0.3) is 0 Å². The maximum absolute atomic E-state index is 9.98. The van der Waals surface area contributed by atoms with Crippen LogP contribution in [0.1, 0.15) is 71.1 Å². The Morgan fingerprint density at radius 1 is 0.850 bits per heavy atom. The Morgan fingerprint density at radius 3 is 1.70 bits per heavy atom. The molecule has 0 radical (unpaired) electrons. The number of rotatable bonds is 13. The highest BCUT2D eigenvalue weighted by Crippen LogP contribution is 2.13. The van der Waals surface area contributed by atoms with E-state index in [1.165, 1.54) is 51.4 Å². The van der Waals surface area contributed by atoms with Crippen LogP contribution in [0.2, 0.25) is 0 Å². The molecule has 0 heterocycles. The van der Waals surface area contributed by atoms with E-state index in [1.54, 1.807) is 0 Å². The van der Waals surface area contributed by atoms with E-state index < -0.39 is 6.10 Å². The summed E-state index contributed by atoms with van der Waals surface area (Å²) in [5, 5.41) is 19.2. The predicted molar refractivity (Wildman–Crippen MR) is 89.7 cm³/mol. The number of nitrogens with zero attached hydrogens (tertiary/aromatic N) is 1. The number of unbranched alkanes of at least 4 members (excludes halogenated alkanes) is 8. The third-order valence-corrected chi connectivity index (χ3v) is 3.90. The molecule has 0 aliphatic rings. The summed E-state index contributed by atoms with van der Waals surface area (Å²) in [4.78, 5) is 1.90. The Hall–Kier alpha value is 0.170. The monoisotopic (exact) mass is 309 g/mol. The molecule has 0 amide bonds. The number of hydrogen-bond donors (Lipinski definition) is 2. The molecule has 0 aromatic heterocycles. The van der Waals surface area contributed by atoms with Gasteiger partial charge in [0, 0.05) is 0 Å². The molecule has 3 nitrogen and oxygen atoms in total. The number of hydrogen-bond acceptors (Lipinski definition) is 3. The van der Waals surface area contributed by atoms with Crippen molar-refractivity contribution in [3.8, 4) is 0 Å². The summed E-state index contributed by atoms with van der Waals surface area (Å²) in [5.74, 6) is 0. The van der Waals surface area contributed by atoms with Crippen LogP contribution in [0.5, 0.6) is 0 Å². The lowest BCUT2D eigenvalue weighted by Crippen LogP contribution is -2.41. The van der Waals surface area contributed by atoms with Gasteiger partial charge in [-0.3, -0.25) is 0 Å². The first-order valence-electron chi connectivity index (χ1n) is 8.08. The molecule has 0 spiro atoms. The summed E-state index contributed by atoms with van der Waals surface area (Å²) >= 11 is 0. The maximum Gasteiger partial charge on any atom is 0.0717 e. The summed E-state index contributed by atoms with van der Waals surface area (Å²) in [5.41, 5.74) is 0. The minimum atomic E-state index is -0.399. The van der Waals surface area contributed by atoms with Gasteiger partial charge in [0.05, 0.1) is 18.8 Å². The van der Waals surface area contributed by atoms with Gasteiger partial charge in [0.15, 0.2) is 0 Å². The van der Waals surface area contributed by atoms with Gasteiger partial charge < -0.3 is 15.1 Å². The fraction of sp³-hybridized carbons (Fsp3) is 1.00. The van der Waals surface area contributed by atoms with Crippen molar-refractivity contribution in [1.82, 2.24) is 4.90 Å². The zero-order chi connectivity index (χ0) is 14.5. The summed E-state index contributed by atoms with van der Waals surface area (Å²) in [6.07, 6.45) is 12.1. The summed E-state index contributed by atoms with van der Waals surface area (Å²) < 4.78 is 0. The molecule has 20 heavy (non-hydrogen) atoms. The standard InChI is InChI=1S/C16H35NO2.ClH/c1-4-5-6-7-8-9-10-11-12-13-16(19)15(14-18)17(2)3;/h15-16,18-19H,4-14H2,1-3H3;1H. The van der Waals surface area contributed by atoms with Crippen molar-refractivity contribution in [3.63, 3.8) is 0 Å². The van der Waals surface area contributed by atoms with E-state index in [2.05, 4.69) is 6.92 Å². The zero-order valence-electron chi connectivity index (χ0n) is 13.7. The van der Waals surface area contributed by atoms with Crippen LogP contribution in [0.25, 0.3) is 0 Å². The van der Waals surface area contributed by atoms with Gasteiger partial charge in [-0.1, -0.05) is 64.7 Å². The van der Waals surface area contributed by atoms with Crippen LogP contribution in [-0.4, -0.2) is 48.0 Å². The molecule has 124 valence electrons. The molecular formula is C16H36ClNO2. The molecule has 0 bridgehead atoms. The second-order valence-corrected chi connectivity index (χ2v) is 5.90. The summed E-state index contributed by atoms with van der Waals surface area (Å²) in [6.45, 7) is 2.28. The molecular weight excluding hydrogens is 274 g/mol. The topological polar surface area (TPSA) is 43.7 Å². The molecule has 0 saturated carbocycles. The Kier molecular flexibility index (Phi) is 17.5. The molecule has 2 unspecified atom stereocenters. The van der Waals surface area contributed by atoms with Gasteiger partial charge in [0.2, 0.25) is 0 Å². The Labute approximate surface area is 132 Å². The van der Waals surface area contributed by atoms with Crippen LogP contribution >= 0.6 is 12.4 Å². The van der Waals surface area contributed by atoms with Gasteiger partial charge >= 0.3 is 0 Å². The highest BCUT2D eigenvalue weighted by molar-refractivity contribution is 5.85. The van der Waals surface area contributed by atoms with Crippen molar-refractivity contribution in [2.24, 2.45) is 0 Å². The number of aliphatic hydroxyl groups is 2. The van der Waals surface area contributed by atoms with E-state index >= 15 is 0 Å². The molecule has 0 aliphatic heterocycles. The second-order valence-electron chi connectivity index (χ2n) is 5.90. The minimum absolute atomic E-state index is 0. The van der Waals surface area contributed by atoms with Gasteiger partial charge in [-0.25, -0.2) is 0 Å². The molecule has 0 rings (SSSR count). The lowest BCUT2D eigenvalue weighted by Gasteiger charge is -2.27. The Morgan fingerprint density at radius 2 is 1.30 bits per heavy atom. The molecule has 0 aliphatic carbocycles. The smallest absolute Gasteiger partial charge is 0.0717 e. The van der Waals surface area contributed by atoms with E-state index in [4.69, 9.17) is 0 Å². The average molecular weight is 310 g/mol. The number of likely N-dealkylation sites (N-methyl/N-ethyl adjacent to an activating group) is 1. The zero-order valence-corrected chi connectivity index (χ0v) is 14.5. The van der Waals surface area contributed by atoms with Crippen LogP contribution in [-0.2, 0) is 0 Å². The average Bonchev–Trinajstić information content (AvgIpc) is 2.37. The van der Waals surface area contributed by atoms with Crippen LogP contribution in [0.15, 0.2) is 0 Å². The van der Waals surface area contributed by atoms with E-state index in [1.807, 2.05) is 19.0 Å². The minimum Gasteiger partial charge on any atom is -0.395 e. The third kappa shape index (κ3) is 12.0. The van der Waals surface area contributed by atoms with Gasteiger partial charge in [-0.2, -0.15) is 0 Å². The van der Waals surface area contributed by atoms with Crippen molar-refractivity contribution in [1.29, 1.82) is 0 Å². The first-order chi connectivity index (χ1) is 9.13. The SMILES string of the molecule is CCCCCCCCCCCC(O)C(CO)N(C)C.Cl. The van der Waals surface area contributed by atoms with Crippen LogP contribution in [0.3, 0.4) is 0 Å². The van der Waals surface area contributed by atoms with E-state index in [9.17, 15) is 10.2 Å². The van der Waals surface area contributed by atoms with E-state index in [0.717, 1.165) is 12.8 Å². The fourth-order valence-corrected chi connectivity index (χ4v) is 2.49. The summed E-state index contributed by atoms with van der Waals surface area (Å²) in [7, 11) is 3.81. The summed E-state index contributed by atoms with van der Waals surface area (Å²) in [6, 6.07) is -0.117. The molecule has 0 aromatic rings. The highest BCUT2D eigenvalue weighted by atomic mass is 35.5. The molecule has 0 fully saturated rings. The van der Waals surface area contributed by atoms with Crippen molar-refractivity contribution < 1.29 is 10.2 Å². The molecule has 0 saturated heterocycles. The van der Waals surface area contributed by atoms with Crippen molar-refractivity contribution in [3.05, 3.63) is 0 Å². The van der Waals surface area contributed by atoms with Crippen LogP contribution in [0, 0.1) is 0 Å². The molecule has 0 aromatic carbocycles. The Balaban J connectivity index is 0. The van der Waals surface area contributed by atoms with E-state index in [-0.39, 0.29) is 25.1 Å². The van der Waals surface area contributed by atoms with Crippen molar-refractivity contribution >= 4 is 12.4 Å². The van der Waals surface area contributed by atoms with Crippen LogP contribution in [0.4, 0.5) is 0 Å². The first kappa shape index (κ1) is 22.5. The molecule has 2 N–H and O–H groups in total. The molecule has 4 heteroatoms.